The van der Waals surface area contributed by atoms with Gasteiger partial charge in [-0.3, -0.25) is 0 Å². The van der Waals surface area contributed by atoms with Crippen LogP contribution in [0.15, 0.2) is 12.3 Å². The zero-order valence-electron chi connectivity index (χ0n) is 3.42. The highest BCUT2D eigenvalue weighted by molar-refractivity contribution is 4.90. The standard InChI is InChI=1S/C4H6NO/c6-5-3-1-2-4-5/h1,3H,2,4H2/q-1. The van der Waals surface area contributed by atoms with E-state index in [9.17, 15) is 5.21 Å². The zero-order chi connectivity index (χ0) is 4.41. The molecule has 1 aliphatic heterocycles. The summed E-state index contributed by atoms with van der Waals surface area (Å²) in [6.45, 7) is 0.653. The van der Waals surface area contributed by atoms with Crippen LogP contribution >= 0.6 is 0 Å². The summed E-state index contributed by atoms with van der Waals surface area (Å²) >= 11 is 0. The van der Waals surface area contributed by atoms with Gasteiger partial charge in [0.2, 0.25) is 0 Å². The van der Waals surface area contributed by atoms with Crippen molar-refractivity contribution < 1.29 is 0 Å². The van der Waals surface area contributed by atoms with E-state index in [1.54, 1.807) is 6.20 Å². The zero-order valence-corrected chi connectivity index (χ0v) is 3.42. The first-order valence-corrected chi connectivity index (χ1v) is 2.00. The van der Waals surface area contributed by atoms with Gasteiger partial charge in [-0.05, 0) is 12.6 Å². The van der Waals surface area contributed by atoms with E-state index in [2.05, 4.69) is 0 Å². The van der Waals surface area contributed by atoms with Crippen molar-refractivity contribution in [2.45, 2.75) is 6.42 Å². The van der Waals surface area contributed by atoms with Crippen LogP contribution in [-0.4, -0.2) is 11.6 Å². The predicted molar refractivity (Wildman–Crippen MR) is 23.8 cm³/mol. The molecule has 0 aromatic rings. The summed E-state index contributed by atoms with van der Waals surface area (Å²) in [6, 6.07) is 0. The van der Waals surface area contributed by atoms with Crippen LogP contribution in [0.5, 0.6) is 0 Å². The SMILES string of the molecule is [O-]N1C=CCC1. The summed E-state index contributed by atoms with van der Waals surface area (Å²) in [7, 11) is 0. The highest BCUT2D eigenvalue weighted by Gasteiger charge is 1.87. The van der Waals surface area contributed by atoms with E-state index in [1.165, 1.54) is 0 Å². The third-order valence-corrected chi connectivity index (χ3v) is 0.788. The Bertz CT molecular complexity index is 69.9. The minimum Gasteiger partial charge on any atom is -0.759 e. The van der Waals surface area contributed by atoms with Crippen LogP contribution in [0.25, 0.3) is 0 Å². The van der Waals surface area contributed by atoms with Gasteiger partial charge in [0.05, 0.1) is 0 Å². The van der Waals surface area contributed by atoms with E-state index in [0.29, 0.717) is 6.54 Å². The summed E-state index contributed by atoms with van der Waals surface area (Å²) in [4.78, 5) is 0. The van der Waals surface area contributed by atoms with E-state index in [0.717, 1.165) is 11.5 Å². The van der Waals surface area contributed by atoms with Crippen molar-refractivity contribution in [3.63, 3.8) is 0 Å². The van der Waals surface area contributed by atoms with Crippen molar-refractivity contribution in [1.29, 1.82) is 0 Å². The molecule has 0 N–H and O–H groups in total. The Morgan fingerprint density at radius 1 is 1.67 bits per heavy atom. The molecule has 34 valence electrons. The minimum absolute atomic E-state index is 0.653. The van der Waals surface area contributed by atoms with Gasteiger partial charge in [-0.1, -0.05) is 6.08 Å². The van der Waals surface area contributed by atoms with Gasteiger partial charge in [-0.2, -0.15) is 0 Å². The Morgan fingerprint density at radius 2 is 2.50 bits per heavy atom. The smallest absolute Gasteiger partial charge is 0.00875 e. The average Bonchev–Trinajstić information content (AvgIpc) is 1.86. The van der Waals surface area contributed by atoms with Gasteiger partial charge in [-0.15, -0.1) is 0 Å². The summed E-state index contributed by atoms with van der Waals surface area (Å²) in [5, 5.41) is 11.0. The molecule has 0 aromatic heterocycles. The Morgan fingerprint density at radius 3 is 2.67 bits per heavy atom. The lowest BCUT2D eigenvalue weighted by Crippen LogP contribution is -2.01. The molecule has 1 heterocycles. The fraction of sp³-hybridized carbons (Fsp3) is 0.500. The molecule has 0 bridgehead atoms. The van der Waals surface area contributed by atoms with Crippen molar-refractivity contribution in [2.24, 2.45) is 0 Å². The van der Waals surface area contributed by atoms with Crippen molar-refractivity contribution >= 4 is 0 Å². The fourth-order valence-corrected chi connectivity index (χ4v) is 0.468. The largest absolute Gasteiger partial charge is 0.759 e. The Labute approximate surface area is 36.6 Å². The number of hydrogen-bond donors (Lipinski definition) is 0. The number of hydroxylamine groups is 2. The molecule has 0 atom stereocenters. The van der Waals surface area contributed by atoms with Gasteiger partial charge in [0.25, 0.3) is 0 Å². The van der Waals surface area contributed by atoms with E-state index >= 15 is 0 Å². The normalized spacial score (nSPS) is 19.8. The average molecular weight is 84.1 g/mol. The summed E-state index contributed by atoms with van der Waals surface area (Å²) < 4.78 is 0. The molecular weight excluding hydrogens is 78.0 g/mol. The van der Waals surface area contributed by atoms with Crippen LogP contribution in [0.3, 0.4) is 0 Å². The molecule has 0 saturated carbocycles. The molecule has 0 spiro atoms. The first-order valence-electron chi connectivity index (χ1n) is 2.00. The second-order valence-corrected chi connectivity index (χ2v) is 1.31. The molecule has 2 heteroatoms. The third kappa shape index (κ3) is 0.518. The molecule has 2 nitrogen and oxygen atoms in total. The highest BCUT2D eigenvalue weighted by atomic mass is 16.5. The Hall–Kier alpha value is -0.500. The second-order valence-electron chi connectivity index (χ2n) is 1.31. The molecule has 0 unspecified atom stereocenters. The monoisotopic (exact) mass is 84.0 g/mol. The first kappa shape index (κ1) is 3.68. The summed E-state index contributed by atoms with van der Waals surface area (Å²) in [5.41, 5.74) is 0. The number of hydrogen-bond acceptors (Lipinski definition) is 2. The molecular formula is C4H6NO-. The van der Waals surface area contributed by atoms with Gasteiger partial charge in [0.15, 0.2) is 0 Å². The predicted octanol–water partition coefficient (Wildman–Crippen LogP) is 0.704. The van der Waals surface area contributed by atoms with E-state index in [1.807, 2.05) is 6.08 Å². The molecule has 0 saturated heterocycles. The fourth-order valence-electron chi connectivity index (χ4n) is 0.468. The van der Waals surface area contributed by atoms with Crippen molar-refractivity contribution in [3.05, 3.63) is 17.5 Å². The van der Waals surface area contributed by atoms with E-state index in [4.69, 9.17) is 0 Å². The molecule has 1 aliphatic rings. The van der Waals surface area contributed by atoms with Crippen LogP contribution in [-0.2, 0) is 0 Å². The van der Waals surface area contributed by atoms with Gasteiger partial charge in [0.1, 0.15) is 0 Å². The van der Waals surface area contributed by atoms with Crippen molar-refractivity contribution in [3.8, 4) is 0 Å². The van der Waals surface area contributed by atoms with Crippen LogP contribution in [0, 0.1) is 5.21 Å². The lowest BCUT2D eigenvalue weighted by atomic mass is 10.5. The Balaban J connectivity index is 2.38. The molecule has 0 aliphatic carbocycles. The van der Waals surface area contributed by atoms with Gasteiger partial charge >= 0.3 is 0 Å². The van der Waals surface area contributed by atoms with Gasteiger partial charge < -0.3 is 10.3 Å². The first-order chi connectivity index (χ1) is 2.89. The summed E-state index contributed by atoms with van der Waals surface area (Å²) in [6.07, 6.45) is 4.34. The topological polar surface area (TPSA) is 26.3 Å². The Kier molecular flexibility index (Phi) is 0.801. The second kappa shape index (κ2) is 1.30. The lowest BCUT2D eigenvalue weighted by molar-refractivity contribution is 0.553. The third-order valence-electron chi connectivity index (χ3n) is 0.788. The van der Waals surface area contributed by atoms with Crippen LogP contribution in [0.1, 0.15) is 6.42 Å². The summed E-state index contributed by atoms with van der Waals surface area (Å²) in [5.74, 6) is 0. The van der Waals surface area contributed by atoms with Crippen LogP contribution < -0.4 is 0 Å². The maximum Gasteiger partial charge on any atom is 0.00875 e. The number of rotatable bonds is 0. The van der Waals surface area contributed by atoms with E-state index < -0.39 is 0 Å². The highest BCUT2D eigenvalue weighted by Crippen LogP contribution is 1.98. The van der Waals surface area contributed by atoms with Crippen LogP contribution in [0.4, 0.5) is 0 Å². The van der Waals surface area contributed by atoms with Gasteiger partial charge in [0, 0.05) is 6.54 Å². The molecule has 1 rings (SSSR count). The van der Waals surface area contributed by atoms with Crippen LogP contribution in [0.2, 0.25) is 0 Å². The van der Waals surface area contributed by atoms with Gasteiger partial charge in [-0.25, -0.2) is 0 Å². The molecule has 6 heavy (non-hydrogen) atoms. The number of nitrogens with zero attached hydrogens (tertiary/aromatic N) is 1. The van der Waals surface area contributed by atoms with E-state index in [-0.39, 0.29) is 0 Å². The molecule has 0 aromatic carbocycles. The van der Waals surface area contributed by atoms with Crippen molar-refractivity contribution in [2.75, 3.05) is 6.54 Å². The maximum absolute atomic E-state index is 10.1. The van der Waals surface area contributed by atoms with Crippen molar-refractivity contribution in [1.82, 2.24) is 5.06 Å². The molecule has 0 radical (unpaired) electrons. The molecule has 0 amide bonds. The quantitative estimate of drug-likeness (QED) is 0.432. The maximum atomic E-state index is 10.1. The molecule has 0 fully saturated rings. The minimum atomic E-state index is 0.653. The lowest BCUT2D eigenvalue weighted by Gasteiger charge is -2.19.